The maximum absolute atomic E-state index is 13.1. The van der Waals surface area contributed by atoms with E-state index in [4.69, 9.17) is 0 Å². The largest absolute Gasteiger partial charge is 0.280 e. The Morgan fingerprint density at radius 3 is 2.74 bits per heavy atom. The van der Waals surface area contributed by atoms with Crippen molar-refractivity contribution in [1.82, 2.24) is 14.8 Å². The average molecular weight is 387 g/mol. The topological polar surface area (TPSA) is 120 Å². The lowest BCUT2D eigenvalue weighted by Gasteiger charge is -2.13. The smallest absolute Gasteiger partial charge is 0.262 e. The van der Waals surface area contributed by atoms with E-state index in [1.165, 1.54) is 29.1 Å². The maximum atomic E-state index is 13.1. The van der Waals surface area contributed by atoms with Crippen LogP contribution < -0.4 is 4.72 Å². The van der Waals surface area contributed by atoms with Crippen molar-refractivity contribution in [3.63, 3.8) is 0 Å². The summed E-state index contributed by atoms with van der Waals surface area (Å²) in [7, 11) is -2.34. The van der Waals surface area contributed by atoms with Crippen LogP contribution in [0.25, 0.3) is 10.8 Å². The van der Waals surface area contributed by atoms with Crippen LogP contribution in [0.1, 0.15) is 24.1 Å². The molecule has 0 aliphatic heterocycles. The molecule has 0 bridgehead atoms. The SMILES string of the molecule is Cn1nc2c(c1S(=O)(=O)Nc1nccc3c([N+](=O)[O-])cccc13)CCCC2. The van der Waals surface area contributed by atoms with Gasteiger partial charge in [0.1, 0.15) is 5.82 Å². The highest BCUT2D eigenvalue weighted by atomic mass is 32.2. The summed E-state index contributed by atoms with van der Waals surface area (Å²) in [6.07, 6.45) is 4.68. The third-order valence-corrected chi connectivity index (χ3v) is 6.21. The molecule has 4 rings (SSSR count). The first-order valence-electron chi connectivity index (χ1n) is 8.48. The Morgan fingerprint density at radius 1 is 1.19 bits per heavy atom. The zero-order chi connectivity index (χ0) is 19.2. The van der Waals surface area contributed by atoms with Crippen LogP contribution in [0.3, 0.4) is 0 Å². The fourth-order valence-electron chi connectivity index (χ4n) is 3.59. The van der Waals surface area contributed by atoms with Gasteiger partial charge >= 0.3 is 0 Å². The molecule has 1 N–H and O–H groups in total. The molecule has 3 aromatic rings. The van der Waals surface area contributed by atoms with E-state index in [0.717, 1.165) is 30.5 Å². The number of rotatable bonds is 4. The number of pyridine rings is 1. The van der Waals surface area contributed by atoms with Gasteiger partial charge in [0, 0.05) is 30.3 Å². The first-order chi connectivity index (χ1) is 12.9. The van der Waals surface area contributed by atoms with Gasteiger partial charge < -0.3 is 0 Å². The lowest BCUT2D eigenvalue weighted by atomic mass is 9.99. The molecule has 140 valence electrons. The molecule has 1 aliphatic rings. The molecule has 10 heteroatoms. The average Bonchev–Trinajstić information content (AvgIpc) is 2.97. The van der Waals surface area contributed by atoms with Crippen molar-refractivity contribution < 1.29 is 13.3 Å². The lowest BCUT2D eigenvalue weighted by molar-refractivity contribution is -0.383. The van der Waals surface area contributed by atoms with Gasteiger partial charge in [0.25, 0.3) is 15.7 Å². The fraction of sp³-hybridized carbons (Fsp3) is 0.294. The number of fused-ring (bicyclic) bond motifs is 2. The second-order valence-electron chi connectivity index (χ2n) is 6.46. The summed E-state index contributed by atoms with van der Waals surface area (Å²) in [6, 6.07) is 5.98. The first kappa shape index (κ1) is 17.4. The molecule has 27 heavy (non-hydrogen) atoms. The van der Waals surface area contributed by atoms with Gasteiger partial charge in [0.15, 0.2) is 5.03 Å². The lowest BCUT2D eigenvalue weighted by Crippen LogP contribution is -2.19. The van der Waals surface area contributed by atoms with Gasteiger partial charge in [-0.25, -0.2) is 4.98 Å². The summed E-state index contributed by atoms with van der Waals surface area (Å²) in [5.41, 5.74) is 1.45. The number of nitro benzene ring substituents is 1. The second kappa shape index (κ2) is 6.31. The Bertz CT molecular complexity index is 1170. The van der Waals surface area contributed by atoms with E-state index in [2.05, 4.69) is 14.8 Å². The summed E-state index contributed by atoms with van der Waals surface area (Å²) >= 11 is 0. The molecule has 9 nitrogen and oxygen atoms in total. The van der Waals surface area contributed by atoms with E-state index in [-0.39, 0.29) is 16.5 Å². The number of nitro groups is 1. The predicted octanol–water partition coefficient (Wildman–Crippen LogP) is 2.56. The Kier molecular flexibility index (Phi) is 4.06. The number of nitrogens with one attached hydrogen (secondary N) is 1. The van der Waals surface area contributed by atoms with E-state index in [1.807, 2.05) is 0 Å². The van der Waals surface area contributed by atoms with Crippen molar-refractivity contribution in [3.05, 3.63) is 51.8 Å². The second-order valence-corrected chi connectivity index (χ2v) is 8.05. The standard InChI is InChI=1S/C17H17N5O4S/c1-21-17(13-5-2-3-7-14(13)19-21)27(25,26)20-16-12-6-4-8-15(22(23)24)11(12)9-10-18-16/h4,6,8-10H,2-3,5,7H2,1H3,(H,18,20). The van der Waals surface area contributed by atoms with Crippen LogP contribution in [0.2, 0.25) is 0 Å². The Labute approximate surface area is 155 Å². The van der Waals surface area contributed by atoms with Crippen molar-refractivity contribution in [2.24, 2.45) is 7.05 Å². The van der Waals surface area contributed by atoms with Crippen LogP contribution in [-0.4, -0.2) is 28.1 Å². The molecule has 0 saturated carbocycles. The van der Waals surface area contributed by atoms with Crippen LogP contribution in [0.4, 0.5) is 11.5 Å². The van der Waals surface area contributed by atoms with Crippen LogP contribution >= 0.6 is 0 Å². The molecular weight excluding hydrogens is 370 g/mol. The van der Waals surface area contributed by atoms with E-state index in [9.17, 15) is 18.5 Å². The number of benzene rings is 1. The molecule has 0 atom stereocenters. The molecule has 2 aromatic heterocycles. The fourth-order valence-corrected chi connectivity index (χ4v) is 5.04. The van der Waals surface area contributed by atoms with Crippen LogP contribution in [0.15, 0.2) is 35.5 Å². The molecule has 0 saturated heterocycles. The first-order valence-corrected chi connectivity index (χ1v) is 9.96. The van der Waals surface area contributed by atoms with Crippen molar-refractivity contribution in [3.8, 4) is 0 Å². The molecule has 0 amide bonds. The number of sulfonamides is 1. The zero-order valence-corrected chi connectivity index (χ0v) is 15.4. The number of aryl methyl sites for hydroxylation is 2. The Morgan fingerprint density at radius 2 is 1.96 bits per heavy atom. The zero-order valence-electron chi connectivity index (χ0n) is 14.5. The van der Waals surface area contributed by atoms with Gasteiger partial charge in [0.2, 0.25) is 0 Å². The molecule has 0 fully saturated rings. The van der Waals surface area contributed by atoms with E-state index in [1.54, 1.807) is 13.1 Å². The minimum Gasteiger partial charge on any atom is -0.262 e. The third-order valence-electron chi connectivity index (χ3n) is 4.73. The van der Waals surface area contributed by atoms with Gasteiger partial charge in [-0.15, -0.1) is 0 Å². The van der Waals surface area contributed by atoms with E-state index in [0.29, 0.717) is 17.2 Å². The number of non-ortho nitro benzene ring substituents is 1. The number of aromatic nitrogens is 3. The van der Waals surface area contributed by atoms with Crippen molar-refractivity contribution in [1.29, 1.82) is 0 Å². The highest BCUT2D eigenvalue weighted by molar-refractivity contribution is 7.92. The maximum Gasteiger partial charge on any atom is 0.280 e. The van der Waals surface area contributed by atoms with Crippen molar-refractivity contribution in [2.75, 3.05) is 4.72 Å². The summed E-state index contributed by atoms with van der Waals surface area (Å²) in [5, 5.41) is 16.4. The molecule has 2 heterocycles. The van der Waals surface area contributed by atoms with Crippen molar-refractivity contribution in [2.45, 2.75) is 30.7 Å². The molecular formula is C17H17N5O4S. The minimum atomic E-state index is -3.95. The van der Waals surface area contributed by atoms with Gasteiger partial charge in [-0.1, -0.05) is 12.1 Å². The Balaban J connectivity index is 1.82. The summed E-state index contributed by atoms with van der Waals surface area (Å²) in [5.74, 6) is 0.0574. The molecule has 1 aromatic carbocycles. The number of anilines is 1. The van der Waals surface area contributed by atoms with Crippen LogP contribution in [0.5, 0.6) is 0 Å². The van der Waals surface area contributed by atoms with Crippen LogP contribution in [0, 0.1) is 10.1 Å². The molecule has 1 aliphatic carbocycles. The summed E-state index contributed by atoms with van der Waals surface area (Å²) in [6.45, 7) is 0. The summed E-state index contributed by atoms with van der Waals surface area (Å²) < 4.78 is 30.0. The minimum absolute atomic E-state index is 0.0574. The van der Waals surface area contributed by atoms with E-state index >= 15 is 0 Å². The Hall–Kier alpha value is -3.01. The van der Waals surface area contributed by atoms with E-state index < -0.39 is 14.9 Å². The highest BCUT2D eigenvalue weighted by Crippen LogP contribution is 2.32. The molecule has 0 radical (unpaired) electrons. The van der Waals surface area contributed by atoms with Gasteiger partial charge in [-0.2, -0.15) is 13.5 Å². The van der Waals surface area contributed by atoms with Crippen molar-refractivity contribution >= 4 is 32.3 Å². The number of nitrogens with zero attached hydrogens (tertiary/aromatic N) is 4. The van der Waals surface area contributed by atoms with Crippen LogP contribution in [-0.2, 0) is 29.9 Å². The number of hydrogen-bond donors (Lipinski definition) is 1. The van der Waals surface area contributed by atoms with Gasteiger partial charge in [-0.3, -0.25) is 19.5 Å². The van der Waals surface area contributed by atoms with Gasteiger partial charge in [-0.05, 0) is 31.7 Å². The quantitative estimate of drug-likeness (QED) is 0.543. The summed E-state index contributed by atoms with van der Waals surface area (Å²) in [4.78, 5) is 14.8. The molecule has 0 spiro atoms. The number of hydrogen-bond acceptors (Lipinski definition) is 6. The highest BCUT2D eigenvalue weighted by Gasteiger charge is 2.29. The predicted molar refractivity (Wildman–Crippen MR) is 99.1 cm³/mol. The molecule has 0 unspecified atom stereocenters. The van der Waals surface area contributed by atoms with Gasteiger partial charge in [0.05, 0.1) is 16.0 Å². The normalized spacial score (nSPS) is 14.1. The third kappa shape index (κ3) is 2.91. The monoisotopic (exact) mass is 387 g/mol.